The number of hydrogen-bond donors (Lipinski definition) is 1. The molecule has 0 amide bonds. The summed E-state index contributed by atoms with van der Waals surface area (Å²) in [6, 6.07) is 16.3. The normalized spacial score (nSPS) is 11.4. The quantitative estimate of drug-likeness (QED) is 0.894. The maximum absolute atomic E-state index is 9.47. The maximum atomic E-state index is 9.47. The topological polar surface area (TPSA) is 29.5 Å². The number of aryl methyl sites for hydroxylation is 1. The van der Waals surface area contributed by atoms with Gasteiger partial charge >= 0.3 is 0 Å². The second kappa shape index (κ2) is 6.10. The predicted octanol–water partition coefficient (Wildman–Crippen LogP) is 3.84. The molecule has 1 N–H and O–H groups in total. The molecular weight excluding hydrogens is 248 g/mol. The van der Waals surface area contributed by atoms with E-state index < -0.39 is 0 Å². The van der Waals surface area contributed by atoms with Crippen LogP contribution in [0, 0.1) is 6.92 Å². The van der Waals surface area contributed by atoms with E-state index in [4.69, 9.17) is 4.74 Å². The summed E-state index contributed by atoms with van der Waals surface area (Å²) in [6.45, 7) is 6.77. The van der Waals surface area contributed by atoms with Crippen molar-refractivity contribution < 1.29 is 9.84 Å². The number of hydrogen-bond acceptors (Lipinski definition) is 2. The first-order valence-electron chi connectivity index (χ1n) is 6.91. The molecule has 0 radical (unpaired) electrons. The van der Waals surface area contributed by atoms with Crippen LogP contribution >= 0.6 is 0 Å². The number of rotatable bonds is 5. The standard InChI is InChI=1S/C18H22O2/c1-14-9-10-16(18(2,3)13-19)11-17(14)20-12-15-7-5-4-6-8-15/h4-11,19H,12-13H2,1-3H3. The molecule has 0 aromatic heterocycles. The fraction of sp³-hybridized carbons (Fsp3) is 0.333. The van der Waals surface area contributed by atoms with Crippen molar-refractivity contribution >= 4 is 0 Å². The lowest BCUT2D eigenvalue weighted by molar-refractivity contribution is 0.217. The van der Waals surface area contributed by atoms with Crippen molar-refractivity contribution in [3.8, 4) is 5.75 Å². The second-order valence-electron chi connectivity index (χ2n) is 5.80. The molecule has 0 atom stereocenters. The zero-order valence-electron chi connectivity index (χ0n) is 12.4. The van der Waals surface area contributed by atoms with Gasteiger partial charge in [-0.25, -0.2) is 0 Å². The van der Waals surface area contributed by atoms with Crippen molar-refractivity contribution in [2.45, 2.75) is 32.8 Å². The minimum atomic E-state index is -0.251. The molecule has 2 rings (SSSR count). The van der Waals surface area contributed by atoms with Crippen molar-refractivity contribution in [1.82, 2.24) is 0 Å². The SMILES string of the molecule is Cc1ccc(C(C)(C)CO)cc1OCc1ccccc1. The molecule has 0 saturated heterocycles. The van der Waals surface area contributed by atoms with E-state index in [0.717, 1.165) is 22.4 Å². The van der Waals surface area contributed by atoms with Gasteiger partial charge in [0.1, 0.15) is 12.4 Å². The maximum Gasteiger partial charge on any atom is 0.123 e. The van der Waals surface area contributed by atoms with E-state index in [1.165, 1.54) is 0 Å². The van der Waals surface area contributed by atoms with E-state index in [1.807, 2.05) is 51.1 Å². The molecule has 20 heavy (non-hydrogen) atoms. The molecule has 2 aromatic carbocycles. The van der Waals surface area contributed by atoms with Crippen LogP contribution in [0.5, 0.6) is 5.75 Å². The fourth-order valence-corrected chi connectivity index (χ4v) is 2.00. The average molecular weight is 270 g/mol. The lowest BCUT2D eigenvalue weighted by atomic mass is 9.85. The van der Waals surface area contributed by atoms with Gasteiger partial charge < -0.3 is 9.84 Å². The molecule has 106 valence electrons. The number of aliphatic hydroxyl groups is 1. The molecule has 2 heteroatoms. The molecule has 0 aliphatic rings. The molecule has 0 bridgehead atoms. The van der Waals surface area contributed by atoms with Gasteiger partial charge in [-0.2, -0.15) is 0 Å². The van der Waals surface area contributed by atoms with E-state index >= 15 is 0 Å². The number of ether oxygens (including phenoxy) is 1. The van der Waals surface area contributed by atoms with Gasteiger partial charge in [0.2, 0.25) is 0 Å². The van der Waals surface area contributed by atoms with Crippen LogP contribution in [0.4, 0.5) is 0 Å². The molecule has 0 saturated carbocycles. The summed E-state index contributed by atoms with van der Waals surface area (Å²) < 4.78 is 5.92. The molecular formula is C18H22O2. The van der Waals surface area contributed by atoms with Crippen LogP contribution in [0.2, 0.25) is 0 Å². The minimum Gasteiger partial charge on any atom is -0.489 e. The van der Waals surface area contributed by atoms with Gasteiger partial charge in [0, 0.05) is 5.41 Å². The summed E-state index contributed by atoms with van der Waals surface area (Å²) in [4.78, 5) is 0. The molecule has 0 fully saturated rings. The van der Waals surface area contributed by atoms with Crippen LogP contribution in [-0.4, -0.2) is 11.7 Å². The van der Waals surface area contributed by atoms with E-state index in [1.54, 1.807) is 0 Å². The summed E-state index contributed by atoms with van der Waals surface area (Å²) >= 11 is 0. The third kappa shape index (κ3) is 3.40. The first-order valence-corrected chi connectivity index (χ1v) is 6.91. The van der Waals surface area contributed by atoms with E-state index in [-0.39, 0.29) is 12.0 Å². The van der Waals surface area contributed by atoms with Crippen LogP contribution < -0.4 is 4.74 Å². The van der Waals surface area contributed by atoms with Crippen molar-refractivity contribution in [3.63, 3.8) is 0 Å². The largest absolute Gasteiger partial charge is 0.489 e. The van der Waals surface area contributed by atoms with Crippen LogP contribution in [-0.2, 0) is 12.0 Å². The smallest absolute Gasteiger partial charge is 0.123 e. The van der Waals surface area contributed by atoms with Gasteiger partial charge in [0.25, 0.3) is 0 Å². The Bertz CT molecular complexity index is 559. The lowest BCUT2D eigenvalue weighted by Gasteiger charge is -2.23. The molecule has 0 aliphatic carbocycles. The van der Waals surface area contributed by atoms with Crippen molar-refractivity contribution in [1.29, 1.82) is 0 Å². The molecule has 0 spiro atoms. The van der Waals surface area contributed by atoms with Gasteiger partial charge in [-0.15, -0.1) is 0 Å². The zero-order valence-corrected chi connectivity index (χ0v) is 12.4. The Morgan fingerprint density at radius 3 is 2.40 bits per heavy atom. The Morgan fingerprint density at radius 1 is 1.05 bits per heavy atom. The van der Waals surface area contributed by atoms with Gasteiger partial charge in [-0.1, -0.05) is 56.3 Å². The third-order valence-corrected chi connectivity index (χ3v) is 3.60. The zero-order chi connectivity index (χ0) is 14.6. The Labute approximate surface area is 121 Å². The second-order valence-corrected chi connectivity index (χ2v) is 5.80. The van der Waals surface area contributed by atoms with E-state index in [2.05, 4.69) is 18.2 Å². The van der Waals surface area contributed by atoms with Crippen LogP contribution in [0.25, 0.3) is 0 Å². The summed E-state index contributed by atoms with van der Waals surface area (Å²) in [5, 5.41) is 9.47. The van der Waals surface area contributed by atoms with Crippen molar-refractivity contribution in [3.05, 3.63) is 65.2 Å². The molecule has 0 unspecified atom stereocenters. The predicted molar refractivity (Wildman–Crippen MR) is 82.1 cm³/mol. The van der Waals surface area contributed by atoms with Gasteiger partial charge in [-0.3, -0.25) is 0 Å². The van der Waals surface area contributed by atoms with Gasteiger partial charge in [-0.05, 0) is 29.7 Å². The van der Waals surface area contributed by atoms with E-state index in [9.17, 15) is 5.11 Å². The van der Waals surface area contributed by atoms with Crippen molar-refractivity contribution in [2.24, 2.45) is 0 Å². The first-order chi connectivity index (χ1) is 9.53. The Morgan fingerprint density at radius 2 is 1.75 bits per heavy atom. The highest BCUT2D eigenvalue weighted by molar-refractivity contribution is 5.39. The molecule has 0 heterocycles. The summed E-state index contributed by atoms with van der Waals surface area (Å²) in [5.74, 6) is 0.882. The fourth-order valence-electron chi connectivity index (χ4n) is 2.00. The molecule has 2 nitrogen and oxygen atoms in total. The summed E-state index contributed by atoms with van der Waals surface area (Å²) in [7, 11) is 0. The number of benzene rings is 2. The van der Waals surface area contributed by atoms with Gasteiger partial charge in [0.15, 0.2) is 0 Å². The average Bonchev–Trinajstić information content (AvgIpc) is 2.47. The van der Waals surface area contributed by atoms with Crippen molar-refractivity contribution in [2.75, 3.05) is 6.61 Å². The Hall–Kier alpha value is -1.80. The van der Waals surface area contributed by atoms with Crippen LogP contribution in [0.1, 0.15) is 30.5 Å². The highest BCUT2D eigenvalue weighted by Crippen LogP contribution is 2.28. The first kappa shape index (κ1) is 14.6. The van der Waals surface area contributed by atoms with E-state index in [0.29, 0.717) is 6.61 Å². The molecule has 2 aromatic rings. The minimum absolute atomic E-state index is 0.119. The monoisotopic (exact) mass is 270 g/mol. The number of aliphatic hydroxyl groups excluding tert-OH is 1. The third-order valence-electron chi connectivity index (χ3n) is 3.60. The highest BCUT2D eigenvalue weighted by Gasteiger charge is 2.20. The summed E-state index contributed by atoms with van der Waals surface area (Å²) in [5.41, 5.74) is 3.10. The van der Waals surface area contributed by atoms with Gasteiger partial charge in [0.05, 0.1) is 6.61 Å². The summed E-state index contributed by atoms with van der Waals surface area (Å²) in [6.07, 6.45) is 0. The Balaban J connectivity index is 2.17. The highest BCUT2D eigenvalue weighted by atomic mass is 16.5. The Kier molecular flexibility index (Phi) is 4.46. The van der Waals surface area contributed by atoms with Crippen LogP contribution in [0.3, 0.4) is 0 Å². The van der Waals surface area contributed by atoms with Crippen LogP contribution in [0.15, 0.2) is 48.5 Å². The lowest BCUT2D eigenvalue weighted by Crippen LogP contribution is -2.22. The molecule has 0 aliphatic heterocycles.